The van der Waals surface area contributed by atoms with Crippen molar-refractivity contribution in [3.63, 3.8) is 0 Å². The third kappa shape index (κ3) is 5.96. The summed E-state index contributed by atoms with van der Waals surface area (Å²) in [4.78, 5) is 0. The van der Waals surface area contributed by atoms with Crippen molar-refractivity contribution in [2.24, 2.45) is 0 Å². The lowest BCUT2D eigenvalue weighted by molar-refractivity contribution is -0.0163. The van der Waals surface area contributed by atoms with Gasteiger partial charge < -0.3 is 19.9 Å². The van der Waals surface area contributed by atoms with Gasteiger partial charge in [-0.3, -0.25) is 4.68 Å². The highest BCUT2D eigenvalue weighted by Crippen LogP contribution is 2.11. The van der Waals surface area contributed by atoms with E-state index in [4.69, 9.17) is 9.47 Å². The largest absolute Gasteiger partial charge is 0.389 e. The summed E-state index contributed by atoms with van der Waals surface area (Å²) in [6, 6.07) is 0. The number of hydrogen-bond donors (Lipinski definition) is 2. The van der Waals surface area contributed by atoms with E-state index in [0.717, 1.165) is 39.0 Å². The number of aliphatic hydroxyl groups excluding tert-OH is 1. The van der Waals surface area contributed by atoms with Crippen LogP contribution in [0.15, 0.2) is 12.4 Å². The van der Waals surface area contributed by atoms with Gasteiger partial charge in [0.1, 0.15) is 0 Å². The molecular formula is C13H24N4O3. The molecule has 1 aliphatic heterocycles. The Labute approximate surface area is 119 Å². The summed E-state index contributed by atoms with van der Waals surface area (Å²) in [6.45, 7) is 3.99. The van der Waals surface area contributed by atoms with Gasteiger partial charge in [-0.05, 0) is 25.8 Å². The van der Waals surface area contributed by atoms with Crippen molar-refractivity contribution in [3.05, 3.63) is 12.4 Å². The number of aromatic nitrogens is 3. The Bertz CT molecular complexity index is 341. The smallest absolute Gasteiger partial charge is 0.0897 e. The molecule has 1 fully saturated rings. The summed E-state index contributed by atoms with van der Waals surface area (Å²) in [5.74, 6) is 0. The number of aliphatic hydroxyl groups is 1. The molecule has 0 saturated carbocycles. The van der Waals surface area contributed by atoms with E-state index < -0.39 is 6.10 Å². The maximum atomic E-state index is 9.75. The molecule has 0 amide bonds. The minimum atomic E-state index is -0.470. The molecule has 2 atom stereocenters. The predicted molar refractivity (Wildman–Crippen MR) is 73.3 cm³/mol. The molecule has 1 aromatic heterocycles. The highest BCUT2D eigenvalue weighted by Gasteiger charge is 2.15. The van der Waals surface area contributed by atoms with Gasteiger partial charge in [0.05, 0.1) is 31.6 Å². The van der Waals surface area contributed by atoms with Crippen LogP contribution in [0.2, 0.25) is 0 Å². The number of aryl methyl sites for hydroxylation is 1. The van der Waals surface area contributed by atoms with Gasteiger partial charge in [0.2, 0.25) is 0 Å². The summed E-state index contributed by atoms with van der Waals surface area (Å²) in [7, 11) is 0. The maximum absolute atomic E-state index is 9.75. The molecule has 0 bridgehead atoms. The fourth-order valence-corrected chi connectivity index (χ4v) is 2.16. The fourth-order valence-electron chi connectivity index (χ4n) is 2.16. The molecule has 0 radical (unpaired) electrons. The predicted octanol–water partition coefficient (Wildman–Crippen LogP) is -0.186. The van der Waals surface area contributed by atoms with E-state index in [2.05, 4.69) is 15.6 Å². The zero-order valence-corrected chi connectivity index (χ0v) is 11.8. The molecule has 20 heavy (non-hydrogen) atoms. The van der Waals surface area contributed by atoms with Gasteiger partial charge in [-0.15, -0.1) is 5.10 Å². The Kier molecular flexibility index (Phi) is 6.93. The lowest BCUT2D eigenvalue weighted by Crippen LogP contribution is -2.32. The second-order valence-corrected chi connectivity index (χ2v) is 5.05. The van der Waals surface area contributed by atoms with Crippen LogP contribution >= 0.6 is 0 Å². The highest BCUT2D eigenvalue weighted by atomic mass is 16.5. The van der Waals surface area contributed by atoms with Crippen molar-refractivity contribution in [3.8, 4) is 0 Å². The molecule has 1 aromatic rings. The number of rotatable bonds is 10. The van der Waals surface area contributed by atoms with E-state index >= 15 is 0 Å². The molecule has 1 saturated heterocycles. The van der Waals surface area contributed by atoms with E-state index in [-0.39, 0.29) is 6.10 Å². The van der Waals surface area contributed by atoms with E-state index in [1.165, 1.54) is 0 Å². The molecule has 1 aliphatic rings. The first-order valence-electron chi connectivity index (χ1n) is 7.27. The molecule has 2 rings (SSSR count). The normalized spacial score (nSPS) is 20.4. The van der Waals surface area contributed by atoms with Crippen LogP contribution in [-0.4, -0.2) is 65.2 Å². The van der Waals surface area contributed by atoms with Crippen molar-refractivity contribution >= 4 is 0 Å². The van der Waals surface area contributed by atoms with Gasteiger partial charge in [-0.1, -0.05) is 5.21 Å². The average Bonchev–Trinajstić information content (AvgIpc) is 3.11. The van der Waals surface area contributed by atoms with E-state index in [9.17, 15) is 5.11 Å². The van der Waals surface area contributed by atoms with Crippen LogP contribution < -0.4 is 5.32 Å². The topological polar surface area (TPSA) is 81.4 Å². The first kappa shape index (κ1) is 15.4. The molecule has 7 nitrogen and oxygen atoms in total. The van der Waals surface area contributed by atoms with Crippen molar-refractivity contribution in [1.82, 2.24) is 20.3 Å². The van der Waals surface area contributed by atoms with E-state index in [1.807, 2.05) is 6.20 Å². The Morgan fingerprint density at radius 2 is 2.50 bits per heavy atom. The third-order valence-electron chi connectivity index (χ3n) is 3.23. The first-order valence-corrected chi connectivity index (χ1v) is 7.27. The summed E-state index contributed by atoms with van der Waals surface area (Å²) in [5, 5.41) is 20.6. The Morgan fingerprint density at radius 3 is 3.25 bits per heavy atom. The van der Waals surface area contributed by atoms with Gasteiger partial charge in [-0.2, -0.15) is 0 Å². The Hall–Kier alpha value is -1.02. The van der Waals surface area contributed by atoms with Crippen LogP contribution in [-0.2, 0) is 16.0 Å². The maximum Gasteiger partial charge on any atom is 0.0897 e. The standard InChI is InChI=1S/C13H24N4O3/c18-12(10-19-11-13-3-1-8-20-13)9-14-4-2-6-17-7-5-15-16-17/h5,7,12-14,18H,1-4,6,8-11H2. The number of nitrogens with one attached hydrogen (secondary N) is 1. The van der Waals surface area contributed by atoms with Crippen LogP contribution in [0.5, 0.6) is 0 Å². The molecule has 2 heterocycles. The molecule has 0 aliphatic carbocycles. The molecule has 2 unspecified atom stereocenters. The number of ether oxygens (including phenoxy) is 2. The third-order valence-corrected chi connectivity index (χ3v) is 3.23. The monoisotopic (exact) mass is 284 g/mol. The molecule has 0 aromatic carbocycles. The molecule has 0 spiro atoms. The van der Waals surface area contributed by atoms with Gasteiger partial charge in [-0.25, -0.2) is 0 Å². The molecule has 114 valence electrons. The van der Waals surface area contributed by atoms with Crippen LogP contribution in [0.25, 0.3) is 0 Å². The Morgan fingerprint density at radius 1 is 1.55 bits per heavy atom. The van der Waals surface area contributed by atoms with Crippen LogP contribution in [0, 0.1) is 0 Å². The number of hydrogen-bond acceptors (Lipinski definition) is 6. The summed E-state index contributed by atoms with van der Waals surface area (Å²) in [6.07, 6.45) is 6.39. The van der Waals surface area contributed by atoms with Crippen molar-refractivity contribution in [2.75, 3.05) is 32.9 Å². The van der Waals surface area contributed by atoms with Crippen LogP contribution in [0.1, 0.15) is 19.3 Å². The van der Waals surface area contributed by atoms with Gasteiger partial charge in [0.15, 0.2) is 0 Å². The van der Waals surface area contributed by atoms with Crippen molar-refractivity contribution < 1.29 is 14.6 Å². The fraction of sp³-hybridized carbons (Fsp3) is 0.846. The van der Waals surface area contributed by atoms with Crippen LogP contribution in [0.4, 0.5) is 0 Å². The van der Waals surface area contributed by atoms with Gasteiger partial charge in [0.25, 0.3) is 0 Å². The second-order valence-electron chi connectivity index (χ2n) is 5.05. The highest BCUT2D eigenvalue weighted by molar-refractivity contribution is 4.66. The number of nitrogens with zero attached hydrogens (tertiary/aromatic N) is 3. The first-order chi connectivity index (χ1) is 9.84. The summed E-state index contributed by atoms with van der Waals surface area (Å²) in [5.41, 5.74) is 0. The van der Waals surface area contributed by atoms with Crippen LogP contribution in [0.3, 0.4) is 0 Å². The lowest BCUT2D eigenvalue weighted by Gasteiger charge is -2.14. The summed E-state index contributed by atoms with van der Waals surface area (Å²) < 4.78 is 12.7. The zero-order chi connectivity index (χ0) is 14.0. The molecular weight excluding hydrogens is 260 g/mol. The Balaban J connectivity index is 1.40. The van der Waals surface area contributed by atoms with E-state index in [1.54, 1.807) is 10.9 Å². The molecule has 7 heteroatoms. The quantitative estimate of drug-likeness (QED) is 0.580. The zero-order valence-electron chi connectivity index (χ0n) is 11.8. The van der Waals surface area contributed by atoms with Crippen molar-refractivity contribution in [2.45, 2.75) is 38.0 Å². The second kappa shape index (κ2) is 9.02. The van der Waals surface area contributed by atoms with Gasteiger partial charge in [0, 0.05) is 25.9 Å². The van der Waals surface area contributed by atoms with E-state index in [0.29, 0.717) is 19.8 Å². The van der Waals surface area contributed by atoms with Gasteiger partial charge >= 0.3 is 0 Å². The average molecular weight is 284 g/mol. The minimum absolute atomic E-state index is 0.220. The minimum Gasteiger partial charge on any atom is -0.389 e. The summed E-state index contributed by atoms with van der Waals surface area (Å²) >= 11 is 0. The van der Waals surface area contributed by atoms with Crippen molar-refractivity contribution in [1.29, 1.82) is 0 Å². The lowest BCUT2D eigenvalue weighted by atomic mass is 10.2. The molecule has 2 N–H and O–H groups in total. The SMILES string of the molecule is OC(CNCCCn1ccnn1)COCC1CCCO1.